The van der Waals surface area contributed by atoms with Gasteiger partial charge in [0.25, 0.3) is 0 Å². The minimum absolute atomic E-state index is 0.0235. The lowest BCUT2D eigenvalue weighted by Gasteiger charge is -2.26. The van der Waals surface area contributed by atoms with Crippen LogP contribution in [0.4, 0.5) is 0 Å². The van der Waals surface area contributed by atoms with Gasteiger partial charge in [0.1, 0.15) is 5.75 Å². The average molecular weight is 246 g/mol. The molecule has 2 aliphatic rings. The van der Waals surface area contributed by atoms with Crippen molar-refractivity contribution in [3.63, 3.8) is 0 Å². The number of carbonyl (C=O) groups excluding carboxylic acids is 2. The lowest BCUT2D eigenvalue weighted by molar-refractivity contribution is -0.148. The number of amides is 2. The fraction of sp³-hybridized carbons (Fsp3) is 0.385. The maximum absolute atomic E-state index is 11.9. The second-order valence-corrected chi connectivity index (χ2v) is 4.70. The third kappa shape index (κ3) is 1.81. The zero-order valence-electron chi connectivity index (χ0n) is 10.1. The summed E-state index contributed by atoms with van der Waals surface area (Å²) >= 11 is 0. The summed E-state index contributed by atoms with van der Waals surface area (Å²) in [6.07, 6.45) is 0.698. The maximum atomic E-state index is 11.9. The van der Waals surface area contributed by atoms with Crippen molar-refractivity contribution in [2.45, 2.75) is 13.0 Å². The Kier molecular flexibility index (Phi) is 2.47. The first-order valence-electron chi connectivity index (χ1n) is 5.94. The number of methoxy groups -OCH3 is 1. The predicted molar refractivity (Wildman–Crippen MR) is 63.3 cm³/mol. The van der Waals surface area contributed by atoms with Crippen LogP contribution < -0.4 is 10.2 Å². The van der Waals surface area contributed by atoms with Crippen LogP contribution in [0.2, 0.25) is 0 Å². The quantitative estimate of drug-likeness (QED) is 0.854. The number of ether oxygens (including phenoxy) is 1. The molecule has 0 aromatic heterocycles. The molecule has 2 fully saturated rings. The molecule has 0 spiro atoms. The molecule has 1 aromatic rings. The van der Waals surface area contributed by atoms with Crippen LogP contribution >= 0.6 is 0 Å². The number of nitrogens with one attached hydrogen (secondary N) is 1. The van der Waals surface area contributed by atoms with Gasteiger partial charge in [-0.25, -0.2) is 5.01 Å². The van der Waals surface area contributed by atoms with Gasteiger partial charge in [0.2, 0.25) is 11.8 Å². The Morgan fingerprint density at radius 3 is 2.67 bits per heavy atom. The van der Waals surface area contributed by atoms with Gasteiger partial charge in [-0.2, -0.15) is 0 Å². The molecule has 0 radical (unpaired) electrons. The van der Waals surface area contributed by atoms with Crippen molar-refractivity contribution in [3.05, 3.63) is 29.8 Å². The largest absolute Gasteiger partial charge is 0.497 e. The van der Waals surface area contributed by atoms with E-state index in [9.17, 15) is 9.59 Å². The van der Waals surface area contributed by atoms with E-state index in [-0.39, 0.29) is 23.7 Å². The highest BCUT2D eigenvalue weighted by atomic mass is 16.5. The standard InChI is InChI=1S/C13H14N2O3/c1-18-9-4-2-8(3-5-9)7-15-13(17)11-6-10(11)12(16)14-15/h2-5,10-11H,6-7H2,1H3,(H,14,16). The van der Waals surface area contributed by atoms with E-state index in [1.807, 2.05) is 24.3 Å². The minimum atomic E-state index is -0.0861. The minimum Gasteiger partial charge on any atom is -0.497 e. The molecular formula is C13H14N2O3. The van der Waals surface area contributed by atoms with E-state index >= 15 is 0 Å². The Hall–Kier alpha value is -2.04. The van der Waals surface area contributed by atoms with E-state index in [0.29, 0.717) is 13.0 Å². The summed E-state index contributed by atoms with van der Waals surface area (Å²) < 4.78 is 5.07. The van der Waals surface area contributed by atoms with Crippen LogP contribution in [0, 0.1) is 11.8 Å². The van der Waals surface area contributed by atoms with E-state index < -0.39 is 0 Å². The number of hydrogen-bond donors (Lipinski definition) is 1. The fourth-order valence-electron chi connectivity index (χ4n) is 2.26. The summed E-state index contributed by atoms with van der Waals surface area (Å²) in [4.78, 5) is 23.5. The summed E-state index contributed by atoms with van der Waals surface area (Å²) in [5, 5.41) is 1.41. The van der Waals surface area contributed by atoms with E-state index in [1.54, 1.807) is 7.11 Å². The normalized spacial score (nSPS) is 25.5. The van der Waals surface area contributed by atoms with Crippen molar-refractivity contribution in [2.75, 3.05) is 7.11 Å². The van der Waals surface area contributed by atoms with Gasteiger partial charge in [0.15, 0.2) is 0 Å². The predicted octanol–water partition coefficient (Wildman–Crippen LogP) is 0.705. The number of fused-ring (bicyclic) bond motifs is 1. The van der Waals surface area contributed by atoms with Gasteiger partial charge in [-0.3, -0.25) is 15.0 Å². The van der Waals surface area contributed by atoms with Crippen molar-refractivity contribution in [2.24, 2.45) is 11.8 Å². The van der Waals surface area contributed by atoms with Crippen molar-refractivity contribution < 1.29 is 14.3 Å². The van der Waals surface area contributed by atoms with Gasteiger partial charge in [-0.05, 0) is 24.1 Å². The summed E-state index contributed by atoms with van der Waals surface area (Å²) in [6, 6.07) is 7.45. The molecule has 2 amide bonds. The van der Waals surface area contributed by atoms with E-state index in [4.69, 9.17) is 4.74 Å². The SMILES string of the molecule is COc1ccc(CN2NC(=O)C3CC3C2=O)cc1. The zero-order chi connectivity index (χ0) is 12.7. The second kappa shape index (κ2) is 4.01. The van der Waals surface area contributed by atoms with Crippen molar-refractivity contribution in [1.82, 2.24) is 10.4 Å². The summed E-state index contributed by atoms with van der Waals surface area (Å²) in [5.74, 6) is 0.597. The lowest BCUT2D eigenvalue weighted by atomic mass is 10.2. The second-order valence-electron chi connectivity index (χ2n) is 4.70. The zero-order valence-corrected chi connectivity index (χ0v) is 10.1. The molecule has 2 unspecified atom stereocenters. The number of nitrogens with zero attached hydrogens (tertiary/aromatic N) is 1. The molecule has 1 N–H and O–H groups in total. The summed E-state index contributed by atoms with van der Waals surface area (Å²) in [7, 11) is 1.61. The van der Waals surface area contributed by atoms with Crippen LogP contribution in [-0.4, -0.2) is 23.9 Å². The van der Waals surface area contributed by atoms with Crippen LogP contribution in [0.25, 0.3) is 0 Å². The average Bonchev–Trinajstić information content (AvgIpc) is 3.17. The molecule has 3 rings (SSSR count). The monoisotopic (exact) mass is 246 g/mol. The Balaban J connectivity index is 1.71. The third-order valence-corrected chi connectivity index (χ3v) is 3.46. The Bertz CT molecular complexity index is 497. The van der Waals surface area contributed by atoms with Crippen LogP contribution in [0.1, 0.15) is 12.0 Å². The van der Waals surface area contributed by atoms with Gasteiger partial charge < -0.3 is 4.74 Å². The third-order valence-electron chi connectivity index (χ3n) is 3.46. The first-order valence-corrected chi connectivity index (χ1v) is 5.94. The number of rotatable bonds is 3. The van der Waals surface area contributed by atoms with E-state index in [2.05, 4.69) is 5.43 Å². The Morgan fingerprint density at radius 1 is 1.28 bits per heavy atom. The molecule has 18 heavy (non-hydrogen) atoms. The van der Waals surface area contributed by atoms with Gasteiger partial charge in [0.05, 0.1) is 25.5 Å². The van der Waals surface area contributed by atoms with Crippen molar-refractivity contribution in [3.8, 4) is 5.75 Å². The Labute approximate surface area is 105 Å². The van der Waals surface area contributed by atoms with Gasteiger partial charge in [-0.1, -0.05) is 12.1 Å². The topological polar surface area (TPSA) is 58.6 Å². The fourth-order valence-corrected chi connectivity index (χ4v) is 2.26. The summed E-state index contributed by atoms with van der Waals surface area (Å²) in [5.41, 5.74) is 3.61. The molecule has 1 aromatic carbocycles. The molecule has 2 atom stereocenters. The van der Waals surface area contributed by atoms with Crippen molar-refractivity contribution >= 4 is 11.8 Å². The number of benzene rings is 1. The number of carbonyl (C=O) groups is 2. The van der Waals surface area contributed by atoms with E-state index in [0.717, 1.165) is 11.3 Å². The molecule has 0 bridgehead atoms. The molecule has 94 valence electrons. The van der Waals surface area contributed by atoms with Gasteiger partial charge >= 0.3 is 0 Å². The number of hydrogen-bond acceptors (Lipinski definition) is 3. The van der Waals surface area contributed by atoms with Crippen molar-refractivity contribution in [1.29, 1.82) is 0 Å². The van der Waals surface area contributed by atoms with Crippen LogP contribution in [-0.2, 0) is 16.1 Å². The number of hydrazine groups is 1. The van der Waals surface area contributed by atoms with Gasteiger partial charge in [0, 0.05) is 0 Å². The smallest absolute Gasteiger partial charge is 0.245 e. The molecule has 1 heterocycles. The first-order chi connectivity index (χ1) is 8.69. The summed E-state index contributed by atoms with van der Waals surface area (Å²) in [6.45, 7) is 0.401. The van der Waals surface area contributed by atoms with Crippen LogP contribution in [0.5, 0.6) is 5.75 Å². The highest BCUT2D eigenvalue weighted by Crippen LogP contribution is 2.42. The molecule has 1 saturated heterocycles. The maximum Gasteiger partial charge on any atom is 0.245 e. The highest BCUT2D eigenvalue weighted by Gasteiger charge is 2.53. The van der Waals surface area contributed by atoms with Crippen LogP contribution in [0.3, 0.4) is 0 Å². The first kappa shape index (κ1) is 11.1. The lowest BCUT2D eigenvalue weighted by Crippen LogP contribution is -2.51. The molecule has 1 aliphatic heterocycles. The van der Waals surface area contributed by atoms with Gasteiger partial charge in [-0.15, -0.1) is 0 Å². The molecular weight excluding hydrogens is 232 g/mol. The molecule has 5 nitrogen and oxygen atoms in total. The van der Waals surface area contributed by atoms with E-state index in [1.165, 1.54) is 5.01 Å². The Morgan fingerprint density at radius 2 is 2.00 bits per heavy atom. The molecule has 5 heteroatoms. The molecule has 1 aliphatic carbocycles. The molecule has 1 saturated carbocycles. The highest BCUT2D eigenvalue weighted by molar-refractivity contribution is 5.97. The van der Waals surface area contributed by atoms with Crippen LogP contribution in [0.15, 0.2) is 24.3 Å².